The highest BCUT2D eigenvalue weighted by atomic mass is 32.1. The number of rotatable bonds is 20. The molecule has 1 aromatic carbocycles. The summed E-state index contributed by atoms with van der Waals surface area (Å²) in [5.41, 5.74) is 22.5. The number of hydrogen-bond acceptors (Lipinski definition) is 10. The summed E-state index contributed by atoms with van der Waals surface area (Å²) < 4.78 is 0. The van der Waals surface area contributed by atoms with Gasteiger partial charge >= 0.3 is 5.97 Å². The van der Waals surface area contributed by atoms with Crippen LogP contribution in [-0.4, -0.2) is 95.3 Å². The van der Waals surface area contributed by atoms with Gasteiger partial charge in [-0.3, -0.25) is 24.2 Å². The van der Waals surface area contributed by atoms with E-state index in [-0.39, 0.29) is 36.7 Å². The van der Waals surface area contributed by atoms with Crippen LogP contribution in [0.1, 0.15) is 37.7 Å². The number of carboxylic acid groups (broad SMARTS) is 1. The molecule has 4 atom stereocenters. The average Bonchev–Trinajstić information content (AvgIpc) is 2.96. The molecule has 0 heterocycles. The Hall–Kier alpha value is -4.09. The summed E-state index contributed by atoms with van der Waals surface area (Å²) >= 11 is 3.95. The number of nitrogens with one attached hydrogen (secondary N) is 4. The van der Waals surface area contributed by atoms with Crippen molar-refractivity contribution in [2.24, 2.45) is 27.9 Å². The maximum absolute atomic E-state index is 13.3. The van der Waals surface area contributed by atoms with E-state index in [0.717, 1.165) is 0 Å². The molecule has 17 heteroatoms. The lowest BCUT2D eigenvalue weighted by Gasteiger charge is -2.24. The zero-order chi connectivity index (χ0) is 32.4. The maximum atomic E-state index is 13.3. The molecule has 0 aliphatic heterocycles. The zero-order valence-corrected chi connectivity index (χ0v) is 24.7. The van der Waals surface area contributed by atoms with Crippen LogP contribution < -0.4 is 44.2 Å². The summed E-state index contributed by atoms with van der Waals surface area (Å²) in [5.74, 6) is -4.31. The number of phenolic OH excluding ortho intramolecular Hbond substituents is 1. The van der Waals surface area contributed by atoms with Crippen LogP contribution in [0.15, 0.2) is 29.3 Å². The Morgan fingerprint density at radius 3 is 2.07 bits per heavy atom. The smallest absolute Gasteiger partial charge is 0.327 e. The third-order valence-electron chi connectivity index (χ3n) is 6.13. The van der Waals surface area contributed by atoms with Crippen LogP contribution >= 0.6 is 12.6 Å². The predicted molar refractivity (Wildman–Crippen MR) is 163 cm³/mol. The number of nitrogens with zero attached hydrogens (tertiary/aromatic N) is 1. The van der Waals surface area contributed by atoms with Crippen LogP contribution in [-0.2, 0) is 30.4 Å². The fraction of sp³-hybridized carbons (Fsp3) is 0.538. The fourth-order valence-electron chi connectivity index (χ4n) is 3.76. The summed E-state index contributed by atoms with van der Waals surface area (Å²) in [4.78, 5) is 66.5. The minimum Gasteiger partial charge on any atom is -0.508 e. The molecule has 0 aliphatic rings. The highest BCUT2D eigenvalue weighted by Gasteiger charge is 2.29. The molecule has 1 rings (SSSR count). The molecule has 0 spiro atoms. The van der Waals surface area contributed by atoms with Gasteiger partial charge in [0.25, 0.3) is 0 Å². The first kappa shape index (κ1) is 36.9. The second-order valence-electron chi connectivity index (χ2n) is 9.69. The largest absolute Gasteiger partial charge is 0.508 e. The lowest BCUT2D eigenvalue weighted by atomic mass is 10.0. The molecule has 1 aromatic rings. The first-order valence-corrected chi connectivity index (χ1v) is 14.3. The lowest BCUT2D eigenvalue weighted by molar-refractivity contribution is -0.141. The van der Waals surface area contributed by atoms with E-state index in [1.165, 1.54) is 12.1 Å². The predicted octanol–water partition coefficient (Wildman–Crippen LogP) is -2.97. The minimum absolute atomic E-state index is 0.00327. The van der Waals surface area contributed by atoms with Gasteiger partial charge in [0.2, 0.25) is 23.6 Å². The molecule has 0 fully saturated rings. The third kappa shape index (κ3) is 15.1. The first-order chi connectivity index (χ1) is 20.4. The lowest BCUT2D eigenvalue weighted by Crippen LogP contribution is -2.57. The molecule has 0 saturated carbocycles. The number of thiol groups is 1. The van der Waals surface area contributed by atoms with Crippen molar-refractivity contribution in [2.45, 2.75) is 62.7 Å². The molecule has 14 N–H and O–H groups in total. The van der Waals surface area contributed by atoms with Gasteiger partial charge in [-0.25, -0.2) is 4.79 Å². The molecule has 0 saturated heterocycles. The number of hydrogen-bond donors (Lipinski definition) is 11. The Bertz CT molecular complexity index is 1100. The number of unbranched alkanes of at least 4 members (excludes halogenated alkanes) is 1. The number of carbonyl (C=O) groups is 5. The normalized spacial score (nSPS) is 13.5. The van der Waals surface area contributed by atoms with Crippen LogP contribution in [0.2, 0.25) is 0 Å². The molecular formula is C26H43N9O7S. The van der Waals surface area contributed by atoms with Gasteiger partial charge in [-0.15, -0.1) is 0 Å². The number of amides is 4. The van der Waals surface area contributed by atoms with Crippen molar-refractivity contribution >= 4 is 48.2 Å². The Balaban J connectivity index is 2.94. The average molecular weight is 626 g/mol. The van der Waals surface area contributed by atoms with Crippen LogP contribution in [0.4, 0.5) is 0 Å². The Kier molecular flexibility index (Phi) is 17.1. The van der Waals surface area contributed by atoms with Crippen molar-refractivity contribution < 1.29 is 34.2 Å². The van der Waals surface area contributed by atoms with Crippen molar-refractivity contribution in [3.63, 3.8) is 0 Å². The number of aromatic hydroxyl groups is 1. The highest BCUT2D eigenvalue weighted by Crippen LogP contribution is 2.12. The van der Waals surface area contributed by atoms with E-state index >= 15 is 0 Å². The molecule has 0 radical (unpaired) electrons. The van der Waals surface area contributed by atoms with Crippen molar-refractivity contribution in [2.75, 3.05) is 25.4 Å². The monoisotopic (exact) mass is 625 g/mol. The number of carbonyl (C=O) groups excluding carboxylic acids is 4. The summed E-state index contributed by atoms with van der Waals surface area (Å²) in [6, 6.07) is 1.35. The van der Waals surface area contributed by atoms with Crippen molar-refractivity contribution in [3.8, 4) is 5.75 Å². The summed E-state index contributed by atoms with van der Waals surface area (Å²) in [5, 5.41) is 28.8. The molecule has 16 nitrogen and oxygen atoms in total. The van der Waals surface area contributed by atoms with Crippen molar-refractivity contribution in [3.05, 3.63) is 29.8 Å². The van der Waals surface area contributed by atoms with Crippen LogP contribution in [0.3, 0.4) is 0 Å². The number of phenols is 1. The van der Waals surface area contributed by atoms with Gasteiger partial charge in [0.15, 0.2) is 5.96 Å². The molecule has 0 aromatic heterocycles. The van der Waals surface area contributed by atoms with Crippen LogP contribution in [0.25, 0.3) is 0 Å². The van der Waals surface area contributed by atoms with Crippen molar-refractivity contribution in [1.82, 2.24) is 21.3 Å². The van der Waals surface area contributed by atoms with Gasteiger partial charge in [0.1, 0.15) is 23.9 Å². The minimum atomic E-state index is -1.31. The number of aliphatic carboxylic acids is 1. The number of aliphatic imine (C=N–C) groups is 1. The van der Waals surface area contributed by atoms with E-state index < -0.39 is 60.3 Å². The van der Waals surface area contributed by atoms with E-state index in [2.05, 4.69) is 38.9 Å². The van der Waals surface area contributed by atoms with Gasteiger partial charge < -0.3 is 54.4 Å². The summed E-state index contributed by atoms with van der Waals surface area (Å²) in [6.07, 6.45) is 1.88. The quantitative estimate of drug-likeness (QED) is 0.0301. The standard InChI is InChI=1S/C26H43N9O7S/c27-10-2-1-5-18(33-21(37)13-32-22(38)17(28)4-3-11-31-26(29)30)23(39)34-19(12-15-6-8-16(36)9-7-15)24(40)35-20(14-43)25(41)42/h6-9,17-20,36,43H,1-5,10-14,27-28H2,(H,32,38)(H,33,37)(H,34,39)(H,35,40)(H,41,42)(H4,29,30,31)/t17-,18-,19-,20-/m0/s1. The molecule has 43 heavy (non-hydrogen) atoms. The van der Waals surface area contributed by atoms with Crippen molar-refractivity contribution in [1.29, 1.82) is 0 Å². The Morgan fingerprint density at radius 2 is 1.49 bits per heavy atom. The topological polar surface area (TPSA) is 290 Å². The number of guanidine groups is 1. The van der Waals surface area contributed by atoms with E-state index in [1.54, 1.807) is 12.1 Å². The molecule has 0 aliphatic carbocycles. The van der Waals surface area contributed by atoms with Gasteiger partial charge in [-0.05, 0) is 56.3 Å². The van der Waals surface area contributed by atoms with E-state index in [4.69, 9.17) is 22.9 Å². The summed E-state index contributed by atoms with van der Waals surface area (Å²) in [6.45, 7) is 0.188. The fourth-order valence-corrected chi connectivity index (χ4v) is 4.01. The van der Waals surface area contributed by atoms with E-state index in [1.807, 2.05) is 0 Å². The number of nitrogens with two attached hydrogens (primary N) is 4. The summed E-state index contributed by atoms with van der Waals surface area (Å²) in [7, 11) is 0. The third-order valence-corrected chi connectivity index (χ3v) is 6.50. The Labute approximate surface area is 255 Å². The molecular weight excluding hydrogens is 582 g/mol. The van der Waals surface area contributed by atoms with Gasteiger partial charge in [-0.2, -0.15) is 12.6 Å². The molecule has 4 amide bonds. The van der Waals surface area contributed by atoms with Crippen LogP contribution in [0.5, 0.6) is 5.75 Å². The first-order valence-electron chi connectivity index (χ1n) is 13.7. The van der Waals surface area contributed by atoms with Gasteiger partial charge in [-0.1, -0.05) is 12.1 Å². The number of carboxylic acids is 1. The van der Waals surface area contributed by atoms with Crippen LogP contribution in [0, 0.1) is 0 Å². The van der Waals surface area contributed by atoms with Gasteiger partial charge in [0.05, 0.1) is 12.6 Å². The zero-order valence-electron chi connectivity index (χ0n) is 23.8. The SMILES string of the molecule is NCCCC[C@H](NC(=O)CNC(=O)[C@@H](N)CCCN=C(N)N)C(=O)N[C@@H](Cc1ccc(O)cc1)C(=O)N[C@@H](CS)C(=O)O. The van der Waals surface area contributed by atoms with E-state index in [9.17, 15) is 34.2 Å². The van der Waals surface area contributed by atoms with E-state index in [0.29, 0.717) is 37.9 Å². The molecule has 0 bridgehead atoms. The second kappa shape index (κ2) is 19.9. The number of benzene rings is 1. The maximum Gasteiger partial charge on any atom is 0.327 e. The molecule has 0 unspecified atom stereocenters. The second-order valence-corrected chi connectivity index (χ2v) is 10.1. The molecule has 240 valence electrons. The Morgan fingerprint density at radius 1 is 0.860 bits per heavy atom. The van der Waals surface area contributed by atoms with Gasteiger partial charge in [0, 0.05) is 18.7 Å². The highest BCUT2D eigenvalue weighted by molar-refractivity contribution is 7.80.